The Morgan fingerprint density at radius 2 is 1.83 bits per heavy atom. The van der Waals surface area contributed by atoms with Crippen molar-refractivity contribution in [3.8, 4) is 34.3 Å². The third kappa shape index (κ3) is 3.43. The average molecular weight is 408 g/mol. The molecule has 0 atom stereocenters. The number of nitrogens with zero attached hydrogens (tertiary/aromatic N) is 1. The number of fused-ring (bicyclic) bond motifs is 1. The van der Waals surface area contributed by atoms with Crippen molar-refractivity contribution in [2.45, 2.75) is 13.5 Å². The molecule has 0 fully saturated rings. The van der Waals surface area contributed by atoms with Gasteiger partial charge in [-0.25, -0.2) is 0 Å². The normalized spacial score (nSPS) is 12.5. The molecule has 2 heterocycles. The number of para-hydroxylation sites is 1. The third-order valence-electron chi connectivity index (χ3n) is 5.28. The largest absolute Gasteiger partial charge is 0.493 e. The van der Waals surface area contributed by atoms with E-state index in [4.69, 9.17) is 24.7 Å². The molecule has 2 aromatic carbocycles. The molecular formula is C23H24N2O5. The van der Waals surface area contributed by atoms with Crippen molar-refractivity contribution in [2.75, 3.05) is 27.4 Å². The number of hydrogen-bond donors (Lipinski definition) is 1. The number of methoxy groups -OCH3 is 2. The van der Waals surface area contributed by atoms with Crippen molar-refractivity contribution >= 4 is 5.91 Å². The number of hydrogen-bond acceptors (Lipinski definition) is 5. The maximum atomic E-state index is 12.0. The first kappa shape index (κ1) is 19.7. The Kier molecular flexibility index (Phi) is 5.27. The van der Waals surface area contributed by atoms with E-state index < -0.39 is 5.91 Å². The van der Waals surface area contributed by atoms with Crippen molar-refractivity contribution < 1.29 is 23.7 Å². The van der Waals surface area contributed by atoms with Crippen LogP contribution in [0.2, 0.25) is 0 Å². The topological polar surface area (TPSA) is 84.9 Å². The average Bonchev–Trinajstić information content (AvgIpc) is 3.09. The maximum absolute atomic E-state index is 12.0. The summed E-state index contributed by atoms with van der Waals surface area (Å²) in [5.74, 6) is 2.23. The number of carbonyl (C=O) groups excluding carboxylic acids is 1. The summed E-state index contributed by atoms with van der Waals surface area (Å²) in [6, 6.07) is 13.3. The van der Waals surface area contributed by atoms with E-state index in [0.717, 1.165) is 22.5 Å². The molecule has 0 saturated heterocycles. The van der Waals surface area contributed by atoms with Gasteiger partial charge < -0.3 is 29.2 Å². The van der Waals surface area contributed by atoms with Gasteiger partial charge >= 0.3 is 0 Å². The minimum Gasteiger partial charge on any atom is -0.493 e. The van der Waals surface area contributed by atoms with Crippen LogP contribution in [0.1, 0.15) is 21.6 Å². The van der Waals surface area contributed by atoms with Crippen molar-refractivity contribution in [2.24, 2.45) is 5.73 Å². The van der Waals surface area contributed by atoms with Gasteiger partial charge in [-0.15, -0.1) is 0 Å². The molecular weight excluding hydrogens is 384 g/mol. The summed E-state index contributed by atoms with van der Waals surface area (Å²) in [6.07, 6.45) is 0. The quantitative estimate of drug-likeness (QED) is 0.676. The molecule has 2 N–H and O–H groups in total. The highest BCUT2D eigenvalue weighted by molar-refractivity contribution is 5.95. The van der Waals surface area contributed by atoms with Gasteiger partial charge in [-0.3, -0.25) is 4.79 Å². The smallest absolute Gasteiger partial charge is 0.250 e. The lowest BCUT2D eigenvalue weighted by Crippen LogP contribution is -2.15. The van der Waals surface area contributed by atoms with E-state index in [1.165, 1.54) is 0 Å². The molecule has 156 valence electrons. The van der Waals surface area contributed by atoms with Crippen molar-refractivity contribution in [3.63, 3.8) is 0 Å². The fraction of sp³-hybridized carbons (Fsp3) is 0.261. The zero-order chi connectivity index (χ0) is 21.3. The predicted octanol–water partition coefficient (Wildman–Crippen LogP) is 3.40. The molecule has 0 spiro atoms. The predicted molar refractivity (Wildman–Crippen MR) is 113 cm³/mol. The van der Waals surface area contributed by atoms with Gasteiger partial charge in [0, 0.05) is 22.5 Å². The standard InChI is InChI=1S/C23H24N2O5/c1-14-17(23(24)26)12-18(15-7-8-19-21(11-15)30-10-9-29-19)25(14)13-16-5-4-6-20(27-2)22(16)28-3/h4-8,11-12H,9-10,13H2,1-3H3,(H2,24,26). The molecule has 1 amide bonds. The number of primary amides is 1. The second-order valence-corrected chi connectivity index (χ2v) is 6.99. The molecule has 0 aliphatic carbocycles. The van der Waals surface area contributed by atoms with Crippen LogP contribution in [0, 0.1) is 6.92 Å². The summed E-state index contributed by atoms with van der Waals surface area (Å²) in [7, 11) is 3.22. The van der Waals surface area contributed by atoms with Crippen LogP contribution < -0.4 is 24.7 Å². The highest BCUT2D eigenvalue weighted by Gasteiger charge is 2.21. The van der Waals surface area contributed by atoms with Gasteiger partial charge in [-0.05, 0) is 37.3 Å². The van der Waals surface area contributed by atoms with Gasteiger partial charge in [-0.2, -0.15) is 0 Å². The minimum atomic E-state index is -0.470. The third-order valence-corrected chi connectivity index (χ3v) is 5.28. The highest BCUT2D eigenvalue weighted by atomic mass is 16.6. The number of rotatable bonds is 6. The molecule has 1 aliphatic heterocycles. The molecule has 0 radical (unpaired) electrons. The summed E-state index contributed by atoms with van der Waals surface area (Å²) in [4.78, 5) is 12.0. The Balaban J connectivity index is 1.84. The lowest BCUT2D eigenvalue weighted by atomic mass is 10.1. The second-order valence-electron chi connectivity index (χ2n) is 6.99. The van der Waals surface area contributed by atoms with E-state index in [9.17, 15) is 4.79 Å². The maximum Gasteiger partial charge on any atom is 0.250 e. The van der Waals surface area contributed by atoms with Crippen molar-refractivity contribution in [1.82, 2.24) is 4.57 Å². The van der Waals surface area contributed by atoms with Gasteiger partial charge in [0.2, 0.25) is 0 Å². The summed E-state index contributed by atoms with van der Waals surface area (Å²) in [5.41, 5.74) is 9.56. The number of aromatic nitrogens is 1. The molecule has 0 saturated carbocycles. The van der Waals surface area contributed by atoms with Crippen LogP contribution in [0.25, 0.3) is 11.3 Å². The van der Waals surface area contributed by atoms with E-state index in [-0.39, 0.29) is 0 Å². The van der Waals surface area contributed by atoms with E-state index in [2.05, 4.69) is 0 Å². The molecule has 7 heteroatoms. The molecule has 1 aliphatic rings. The van der Waals surface area contributed by atoms with E-state index in [1.807, 2.05) is 54.0 Å². The minimum absolute atomic E-state index is 0.470. The Morgan fingerprint density at radius 3 is 2.53 bits per heavy atom. The first-order valence-electron chi connectivity index (χ1n) is 9.63. The van der Waals surface area contributed by atoms with E-state index in [1.54, 1.807) is 14.2 Å². The molecule has 3 aromatic rings. The number of amides is 1. The van der Waals surface area contributed by atoms with Crippen LogP contribution in [-0.4, -0.2) is 37.9 Å². The lowest BCUT2D eigenvalue weighted by Gasteiger charge is -2.20. The fourth-order valence-corrected chi connectivity index (χ4v) is 3.79. The molecule has 4 rings (SSSR count). The summed E-state index contributed by atoms with van der Waals surface area (Å²) >= 11 is 0. The second kappa shape index (κ2) is 8.02. The molecule has 1 aromatic heterocycles. The van der Waals surface area contributed by atoms with Crippen LogP contribution in [0.3, 0.4) is 0 Å². The highest BCUT2D eigenvalue weighted by Crippen LogP contribution is 2.37. The fourth-order valence-electron chi connectivity index (χ4n) is 3.79. The van der Waals surface area contributed by atoms with Crippen LogP contribution in [0.5, 0.6) is 23.0 Å². The van der Waals surface area contributed by atoms with Gasteiger partial charge in [0.1, 0.15) is 13.2 Å². The monoisotopic (exact) mass is 408 g/mol. The van der Waals surface area contributed by atoms with Gasteiger partial charge in [0.25, 0.3) is 5.91 Å². The van der Waals surface area contributed by atoms with Crippen LogP contribution in [-0.2, 0) is 6.54 Å². The van der Waals surface area contributed by atoms with Crippen molar-refractivity contribution in [3.05, 3.63) is 59.3 Å². The first-order valence-corrected chi connectivity index (χ1v) is 9.63. The van der Waals surface area contributed by atoms with Crippen LogP contribution >= 0.6 is 0 Å². The molecule has 7 nitrogen and oxygen atoms in total. The molecule has 0 unspecified atom stereocenters. The molecule has 30 heavy (non-hydrogen) atoms. The van der Waals surface area contributed by atoms with Crippen LogP contribution in [0.15, 0.2) is 42.5 Å². The van der Waals surface area contributed by atoms with E-state index >= 15 is 0 Å². The zero-order valence-electron chi connectivity index (χ0n) is 17.2. The Morgan fingerprint density at radius 1 is 1.07 bits per heavy atom. The van der Waals surface area contributed by atoms with Gasteiger partial charge in [-0.1, -0.05) is 12.1 Å². The van der Waals surface area contributed by atoms with Crippen molar-refractivity contribution in [1.29, 1.82) is 0 Å². The van der Waals surface area contributed by atoms with E-state index in [0.29, 0.717) is 48.3 Å². The Bertz CT molecular complexity index is 1100. The lowest BCUT2D eigenvalue weighted by molar-refractivity contribution is 0.0999. The Labute approximate surface area is 174 Å². The zero-order valence-corrected chi connectivity index (χ0v) is 17.2. The number of carbonyl (C=O) groups is 1. The number of benzene rings is 2. The number of ether oxygens (including phenoxy) is 4. The molecule has 0 bridgehead atoms. The van der Waals surface area contributed by atoms with Crippen LogP contribution in [0.4, 0.5) is 0 Å². The number of nitrogens with two attached hydrogens (primary N) is 1. The first-order chi connectivity index (χ1) is 14.5. The van der Waals surface area contributed by atoms with Gasteiger partial charge in [0.05, 0.1) is 26.3 Å². The summed E-state index contributed by atoms with van der Waals surface area (Å²) in [6.45, 7) is 3.39. The summed E-state index contributed by atoms with van der Waals surface area (Å²) < 4.78 is 24.4. The SMILES string of the molecule is COc1cccc(Cn2c(-c3ccc4c(c3)OCCO4)cc(C(N)=O)c2C)c1OC. The summed E-state index contributed by atoms with van der Waals surface area (Å²) in [5, 5.41) is 0. The Hall–Kier alpha value is -3.61. The van der Waals surface area contributed by atoms with Gasteiger partial charge in [0.15, 0.2) is 23.0 Å².